The monoisotopic (exact) mass is 243 g/mol. The second-order valence-corrected chi connectivity index (χ2v) is 2.96. The van der Waals surface area contributed by atoms with Crippen LogP contribution in [0.25, 0.3) is 0 Å². The van der Waals surface area contributed by atoms with E-state index in [9.17, 15) is 14.0 Å². The van der Waals surface area contributed by atoms with E-state index in [-0.39, 0.29) is 10.0 Å². The largest absolute Gasteiger partial charge is 0.291 e. The Morgan fingerprint density at radius 3 is 2.77 bits per heavy atom. The van der Waals surface area contributed by atoms with E-state index in [0.29, 0.717) is 0 Å². The van der Waals surface area contributed by atoms with Gasteiger partial charge in [-0.1, -0.05) is 6.07 Å². The smallest absolute Gasteiger partial charge is 0.266 e. The van der Waals surface area contributed by atoms with Gasteiger partial charge in [-0.2, -0.15) is 0 Å². The van der Waals surface area contributed by atoms with Crippen LogP contribution in [-0.4, -0.2) is 12.0 Å². The average molecular weight is 244 g/mol. The van der Waals surface area contributed by atoms with E-state index in [4.69, 9.17) is 0 Å². The first-order valence-corrected chi connectivity index (χ1v) is 4.02. The van der Waals surface area contributed by atoms with Crippen LogP contribution in [0.3, 0.4) is 0 Å². The van der Waals surface area contributed by atoms with Gasteiger partial charge in [0.2, 0.25) is 6.08 Å². The Bertz CT molecular complexity index is 379. The molecule has 0 heterocycles. The van der Waals surface area contributed by atoms with Crippen molar-refractivity contribution in [1.82, 2.24) is 0 Å². The van der Waals surface area contributed by atoms with Gasteiger partial charge in [-0.25, -0.2) is 9.18 Å². The summed E-state index contributed by atoms with van der Waals surface area (Å²) in [4.78, 5) is 23.6. The third kappa shape index (κ3) is 2.08. The van der Waals surface area contributed by atoms with Gasteiger partial charge in [0.15, 0.2) is 0 Å². The maximum Gasteiger partial charge on any atom is 0.291 e. The van der Waals surface area contributed by atoms with Crippen LogP contribution < -0.4 is 0 Å². The first kappa shape index (κ1) is 9.77. The van der Waals surface area contributed by atoms with Gasteiger partial charge in [0.1, 0.15) is 5.82 Å². The fourth-order valence-corrected chi connectivity index (χ4v) is 1.31. The van der Waals surface area contributed by atoms with E-state index in [1.807, 2.05) is 0 Å². The molecule has 0 aromatic heterocycles. The lowest BCUT2D eigenvalue weighted by Crippen LogP contribution is -1.99. The van der Waals surface area contributed by atoms with Crippen LogP contribution in [0.5, 0.6) is 0 Å². The molecule has 1 rings (SSSR count). The zero-order chi connectivity index (χ0) is 9.84. The molecule has 0 aliphatic heterocycles. The summed E-state index contributed by atoms with van der Waals surface area (Å²) < 4.78 is 13.2. The lowest BCUT2D eigenvalue weighted by Gasteiger charge is -1.98. The SMILES string of the molecule is O=C=NC(=O)c1c(F)cccc1Br. The predicted molar refractivity (Wildman–Crippen MR) is 46.6 cm³/mol. The van der Waals surface area contributed by atoms with Gasteiger partial charge >= 0.3 is 0 Å². The maximum absolute atomic E-state index is 13.0. The molecule has 0 unspecified atom stereocenters. The van der Waals surface area contributed by atoms with Crippen LogP contribution in [-0.2, 0) is 4.79 Å². The number of hydrogen-bond acceptors (Lipinski definition) is 2. The Morgan fingerprint density at radius 1 is 1.54 bits per heavy atom. The molecule has 0 aliphatic rings. The predicted octanol–water partition coefficient (Wildman–Crippen LogP) is 2.06. The minimum absolute atomic E-state index is 0.258. The molecule has 0 bridgehead atoms. The van der Waals surface area contributed by atoms with Crippen molar-refractivity contribution < 1.29 is 14.0 Å². The molecule has 66 valence electrons. The van der Waals surface area contributed by atoms with Crippen molar-refractivity contribution in [3.63, 3.8) is 0 Å². The molecule has 0 fully saturated rings. The highest BCUT2D eigenvalue weighted by Gasteiger charge is 2.13. The van der Waals surface area contributed by atoms with E-state index in [1.165, 1.54) is 12.1 Å². The van der Waals surface area contributed by atoms with Crippen LogP contribution >= 0.6 is 15.9 Å². The number of carbonyl (C=O) groups excluding carboxylic acids is 2. The second-order valence-electron chi connectivity index (χ2n) is 2.10. The molecular weight excluding hydrogens is 241 g/mol. The number of halogens is 2. The normalized spacial score (nSPS) is 9.08. The Balaban J connectivity index is 3.27. The van der Waals surface area contributed by atoms with E-state index < -0.39 is 11.7 Å². The van der Waals surface area contributed by atoms with Crippen LogP contribution in [0, 0.1) is 5.82 Å². The van der Waals surface area contributed by atoms with Crippen molar-refractivity contribution in [2.45, 2.75) is 0 Å². The Hall–Kier alpha value is -1.32. The molecule has 0 radical (unpaired) electrons. The van der Waals surface area contributed by atoms with Gasteiger partial charge in [0.25, 0.3) is 5.91 Å². The average Bonchev–Trinajstić information content (AvgIpc) is 2.04. The van der Waals surface area contributed by atoms with Crippen LogP contribution in [0.4, 0.5) is 4.39 Å². The van der Waals surface area contributed by atoms with Crippen molar-refractivity contribution >= 4 is 27.9 Å². The van der Waals surface area contributed by atoms with Gasteiger partial charge in [0.05, 0.1) is 5.56 Å². The zero-order valence-electron chi connectivity index (χ0n) is 6.25. The van der Waals surface area contributed by atoms with Gasteiger partial charge in [-0.15, -0.1) is 4.99 Å². The van der Waals surface area contributed by atoms with Gasteiger partial charge in [-0.3, -0.25) is 4.79 Å². The zero-order valence-corrected chi connectivity index (χ0v) is 7.84. The van der Waals surface area contributed by atoms with Crippen molar-refractivity contribution in [1.29, 1.82) is 0 Å². The molecular formula is C8H3BrFNO2. The number of hydrogen-bond donors (Lipinski definition) is 0. The summed E-state index contributed by atoms with van der Waals surface area (Å²) in [7, 11) is 0. The molecule has 3 nitrogen and oxygen atoms in total. The van der Waals surface area contributed by atoms with Crippen molar-refractivity contribution in [2.24, 2.45) is 4.99 Å². The van der Waals surface area contributed by atoms with Gasteiger partial charge in [0, 0.05) is 4.47 Å². The molecule has 0 aliphatic carbocycles. The van der Waals surface area contributed by atoms with Gasteiger partial charge in [-0.05, 0) is 28.1 Å². The molecule has 1 amide bonds. The summed E-state index contributed by atoms with van der Waals surface area (Å²) in [6, 6.07) is 4.02. The lowest BCUT2D eigenvalue weighted by atomic mass is 10.2. The standard InChI is InChI=1S/C8H3BrFNO2/c9-5-2-1-3-6(10)7(5)8(13)11-4-12/h1-3H. The number of carbonyl (C=O) groups is 1. The van der Waals surface area contributed by atoms with E-state index in [0.717, 1.165) is 12.1 Å². The van der Waals surface area contributed by atoms with E-state index >= 15 is 0 Å². The Morgan fingerprint density at radius 2 is 2.23 bits per heavy atom. The fourth-order valence-electron chi connectivity index (χ4n) is 0.799. The number of isocyanates is 1. The lowest BCUT2D eigenvalue weighted by molar-refractivity contribution is 0.0998. The number of amides is 1. The molecule has 1 aromatic rings. The van der Waals surface area contributed by atoms with Crippen molar-refractivity contribution in [3.8, 4) is 0 Å². The van der Waals surface area contributed by atoms with E-state index in [1.54, 1.807) is 0 Å². The minimum atomic E-state index is -0.944. The number of aliphatic imine (C=N–C) groups is 1. The first-order valence-electron chi connectivity index (χ1n) is 3.23. The summed E-state index contributed by atoms with van der Waals surface area (Å²) >= 11 is 2.97. The second kappa shape index (κ2) is 4.07. The number of nitrogens with zero attached hydrogens (tertiary/aromatic N) is 1. The number of benzene rings is 1. The summed E-state index contributed by atoms with van der Waals surface area (Å²) in [5.74, 6) is -1.67. The third-order valence-corrected chi connectivity index (χ3v) is 1.98. The first-order chi connectivity index (χ1) is 6.16. The van der Waals surface area contributed by atoms with Crippen LogP contribution in [0.2, 0.25) is 0 Å². The number of rotatable bonds is 1. The minimum Gasteiger partial charge on any atom is -0.266 e. The molecule has 0 saturated heterocycles. The summed E-state index contributed by atoms with van der Waals surface area (Å²) in [5.41, 5.74) is -0.258. The van der Waals surface area contributed by atoms with Crippen LogP contribution in [0.15, 0.2) is 27.7 Å². The molecule has 13 heavy (non-hydrogen) atoms. The van der Waals surface area contributed by atoms with E-state index in [2.05, 4.69) is 20.9 Å². The molecule has 0 spiro atoms. The summed E-state index contributed by atoms with van der Waals surface area (Å²) in [6.07, 6.45) is 1.06. The quantitative estimate of drug-likeness (QED) is 0.560. The summed E-state index contributed by atoms with van der Waals surface area (Å²) in [6.45, 7) is 0. The van der Waals surface area contributed by atoms with Crippen LogP contribution in [0.1, 0.15) is 10.4 Å². The molecule has 0 atom stereocenters. The molecule has 0 N–H and O–H groups in total. The Kier molecular flexibility index (Phi) is 3.06. The molecule has 1 aromatic carbocycles. The topological polar surface area (TPSA) is 46.5 Å². The third-order valence-electron chi connectivity index (χ3n) is 1.32. The maximum atomic E-state index is 13.0. The summed E-state index contributed by atoms with van der Waals surface area (Å²) in [5, 5.41) is 0. The van der Waals surface area contributed by atoms with Crippen molar-refractivity contribution in [3.05, 3.63) is 34.1 Å². The fraction of sp³-hybridized carbons (Fsp3) is 0. The Labute approximate surface area is 81.4 Å². The highest BCUT2D eigenvalue weighted by atomic mass is 79.9. The van der Waals surface area contributed by atoms with Crippen molar-refractivity contribution in [2.75, 3.05) is 0 Å². The highest BCUT2D eigenvalue weighted by Crippen LogP contribution is 2.20. The van der Waals surface area contributed by atoms with Gasteiger partial charge < -0.3 is 0 Å². The molecule has 0 saturated carbocycles. The molecule has 5 heteroatoms. The highest BCUT2D eigenvalue weighted by molar-refractivity contribution is 9.10.